The average Bonchev–Trinajstić information content (AvgIpc) is 2.28. The zero-order valence-corrected chi connectivity index (χ0v) is 11.0. The first-order valence-corrected chi connectivity index (χ1v) is 5.97. The van der Waals surface area contributed by atoms with E-state index in [1.54, 1.807) is 0 Å². The summed E-state index contributed by atoms with van der Waals surface area (Å²) in [5.74, 6) is 0.188. The lowest BCUT2D eigenvalue weighted by atomic mass is 10.3. The van der Waals surface area contributed by atoms with Crippen molar-refractivity contribution >= 4 is 11.5 Å². The number of nitrogens with two attached hydrogens (primary N) is 1. The molecule has 0 aliphatic rings. The minimum Gasteiger partial charge on any atom is -0.383 e. The Morgan fingerprint density at radius 2 is 2.11 bits per heavy atom. The summed E-state index contributed by atoms with van der Waals surface area (Å²) in [5, 5.41) is 2.93. The maximum Gasteiger partial charge on any atom is 0.330 e. The van der Waals surface area contributed by atoms with E-state index in [1.165, 1.54) is 4.57 Å². The molecule has 0 aliphatic carbocycles. The third-order valence-corrected chi connectivity index (χ3v) is 2.48. The quantitative estimate of drug-likeness (QED) is 0.679. The molecule has 0 saturated heterocycles. The van der Waals surface area contributed by atoms with Gasteiger partial charge in [0.25, 0.3) is 5.56 Å². The zero-order chi connectivity index (χ0) is 13.7. The van der Waals surface area contributed by atoms with Crippen molar-refractivity contribution in [1.29, 1.82) is 0 Å². The number of hydrogen-bond donors (Lipinski definition) is 3. The summed E-state index contributed by atoms with van der Waals surface area (Å²) < 4.78 is 1.37. The zero-order valence-electron chi connectivity index (χ0n) is 11.0. The van der Waals surface area contributed by atoms with E-state index in [0.29, 0.717) is 13.1 Å². The molecule has 0 atom stereocenters. The molecule has 0 spiro atoms. The van der Waals surface area contributed by atoms with Crippen LogP contribution in [0.5, 0.6) is 0 Å². The number of H-pyrrole nitrogens is 1. The van der Waals surface area contributed by atoms with E-state index in [4.69, 9.17) is 5.73 Å². The molecule has 1 heterocycles. The highest BCUT2D eigenvalue weighted by atomic mass is 16.2. The Hall–Kier alpha value is -1.98. The van der Waals surface area contributed by atoms with Crippen LogP contribution in [0.3, 0.4) is 0 Å². The van der Waals surface area contributed by atoms with Crippen molar-refractivity contribution in [3.63, 3.8) is 0 Å². The molecule has 0 aromatic carbocycles. The molecule has 18 heavy (non-hydrogen) atoms. The largest absolute Gasteiger partial charge is 0.383 e. The number of rotatable bonds is 5. The summed E-state index contributed by atoms with van der Waals surface area (Å²) in [6.07, 6.45) is 2.71. The summed E-state index contributed by atoms with van der Waals surface area (Å²) in [5.41, 5.74) is 6.29. The van der Waals surface area contributed by atoms with Crippen molar-refractivity contribution < 1.29 is 0 Å². The molecule has 0 unspecified atom stereocenters. The van der Waals surface area contributed by atoms with Crippen LogP contribution in [0.1, 0.15) is 27.2 Å². The Bertz CT molecular complexity index is 550. The highest BCUT2D eigenvalue weighted by Crippen LogP contribution is 2.10. The first-order chi connectivity index (χ1) is 8.47. The van der Waals surface area contributed by atoms with E-state index in [9.17, 15) is 9.59 Å². The van der Waals surface area contributed by atoms with Gasteiger partial charge in [0.15, 0.2) is 0 Å². The molecule has 1 rings (SSSR count). The molecule has 6 nitrogen and oxygen atoms in total. The number of aromatic nitrogens is 2. The van der Waals surface area contributed by atoms with Crippen LogP contribution in [0, 0.1) is 0 Å². The van der Waals surface area contributed by atoms with Crippen molar-refractivity contribution in [3.8, 4) is 0 Å². The lowest BCUT2D eigenvalue weighted by Gasteiger charge is -2.12. The Morgan fingerprint density at radius 1 is 1.44 bits per heavy atom. The van der Waals surface area contributed by atoms with Crippen molar-refractivity contribution in [2.45, 2.75) is 33.7 Å². The maximum absolute atomic E-state index is 11.7. The van der Waals surface area contributed by atoms with Crippen LogP contribution in [-0.4, -0.2) is 16.1 Å². The molecule has 1 aromatic heterocycles. The van der Waals surface area contributed by atoms with Crippen molar-refractivity contribution in [3.05, 3.63) is 32.5 Å². The average molecular weight is 252 g/mol. The number of aromatic amines is 1. The molecule has 0 bridgehead atoms. The molecule has 0 amide bonds. The molecule has 0 radical (unpaired) electrons. The van der Waals surface area contributed by atoms with E-state index >= 15 is 0 Å². The van der Waals surface area contributed by atoms with E-state index in [0.717, 1.165) is 12.0 Å². The number of anilines is 2. The molecule has 6 heteroatoms. The number of nitrogen functional groups attached to an aromatic ring is 1. The highest BCUT2D eigenvalue weighted by Gasteiger charge is 2.10. The van der Waals surface area contributed by atoms with Crippen LogP contribution >= 0.6 is 0 Å². The van der Waals surface area contributed by atoms with Gasteiger partial charge in [-0.3, -0.25) is 14.3 Å². The minimum absolute atomic E-state index is 0.188. The maximum atomic E-state index is 11.7. The summed E-state index contributed by atoms with van der Waals surface area (Å²) in [6.45, 7) is 6.85. The van der Waals surface area contributed by atoms with Gasteiger partial charge in [0.1, 0.15) is 11.5 Å². The Balaban J connectivity index is 3.11. The van der Waals surface area contributed by atoms with Gasteiger partial charge >= 0.3 is 5.69 Å². The van der Waals surface area contributed by atoms with Gasteiger partial charge in [-0.05, 0) is 20.3 Å². The lowest BCUT2D eigenvalue weighted by Crippen LogP contribution is -2.34. The second kappa shape index (κ2) is 6.09. The predicted octanol–water partition coefficient (Wildman–Crippen LogP) is 0.907. The van der Waals surface area contributed by atoms with Crippen LogP contribution in [-0.2, 0) is 6.54 Å². The van der Waals surface area contributed by atoms with Gasteiger partial charge in [0, 0.05) is 13.1 Å². The fourth-order valence-corrected chi connectivity index (χ4v) is 1.56. The molecule has 0 fully saturated rings. The van der Waals surface area contributed by atoms with E-state index in [1.807, 2.05) is 26.8 Å². The second-order valence-electron chi connectivity index (χ2n) is 4.33. The third-order valence-electron chi connectivity index (χ3n) is 2.48. The normalized spacial score (nSPS) is 10.2. The van der Waals surface area contributed by atoms with Gasteiger partial charge in [-0.15, -0.1) is 0 Å². The number of nitrogens with zero attached hydrogens (tertiary/aromatic N) is 1. The van der Waals surface area contributed by atoms with E-state index in [2.05, 4.69) is 10.3 Å². The molecule has 4 N–H and O–H groups in total. The first kappa shape index (κ1) is 14.1. The van der Waals surface area contributed by atoms with Crippen LogP contribution in [0.4, 0.5) is 11.5 Å². The van der Waals surface area contributed by atoms with Crippen LogP contribution in [0.25, 0.3) is 0 Å². The summed E-state index contributed by atoms with van der Waals surface area (Å²) in [6, 6.07) is 0. The lowest BCUT2D eigenvalue weighted by molar-refractivity contribution is 0.642. The molecule has 0 aliphatic heterocycles. The Labute approximate surface area is 106 Å². The van der Waals surface area contributed by atoms with E-state index in [-0.39, 0.29) is 11.5 Å². The monoisotopic (exact) mass is 252 g/mol. The highest BCUT2D eigenvalue weighted by molar-refractivity contribution is 5.60. The summed E-state index contributed by atoms with van der Waals surface area (Å²) in [7, 11) is 0. The number of allylic oxidation sites excluding steroid dienone is 1. The van der Waals surface area contributed by atoms with Crippen molar-refractivity contribution in [1.82, 2.24) is 9.55 Å². The molecule has 0 saturated carbocycles. The molecular weight excluding hydrogens is 232 g/mol. The SMILES string of the molecule is CCCn1c(N)c(NCC=C(C)C)c(=O)[nH]c1=O. The van der Waals surface area contributed by atoms with Crippen molar-refractivity contribution in [2.75, 3.05) is 17.6 Å². The van der Waals surface area contributed by atoms with Crippen molar-refractivity contribution in [2.24, 2.45) is 0 Å². The Kier molecular flexibility index (Phi) is 4.76. The fourth-order valence-electron chi connectivity index (χ4n) is 1.56. The van der Waals surface area contributed by atoms with E-state index < -0.39 is 11.2 Å². The second-order valence-corrected chi connectivity index (χ2v) is 4.33. The van der Waals surface area contributed by atoms with Gasteiger partial charge in [-0.25, -0.2) is 4.79 Å². The van der Waals surface area contributed by atoms with Gasteiger partial charge in [-0.1, -0.05) is 18.6 Å². The smallest absolute Gasteiger partial charge is 0.330 e. The summed E-state index contributed by atoms with van der Waals surface area (Å²) >= 11 is 0. The number of nitrogens with one attached hydrogen (secondary N) is 2. The van der Waals surface area contributed by atoms with Gasteiger partial charge in [-0.2, -0.15) is 0 Å². The third kappa shape index (κ3) is 3.26. The van der Waals surface area contributed by atoms with Gasteiger partial charge in [0.05, 0.1) is 0 Å². The summed E-state index contributed by atoms with van der Waals surface area (Å²) in [4.78, 5) is 25.5. The van der Waals surface area contributed by atoms with Crippen LogP contribution in [0.2, 0.25) is 0 Å². The number of hydrogen-bond acceptors (Lipinski definition) is 4. The van der Waals surface area contributed by atoms with Gasteiger partial charge in [0.2, 0.25) is 0 Å². The predicted molar refractivity (Wildman–Crippen MR) is 73.9 cm³/mol. The first-order valence-electron chi connectivity index (χ1n) is 5.97. The fraction of sp³-hybridized carbons (Fsp3) is 0.500. The van der Waals surface area contributed by atoms with Crippen LogP contribution < -0.4 is 22.3 Å². The molecule has 1 aromatic rings. The topological polar surface area (TPSA) is 92.9 Å². The standard InChI is InChI=1S/C12H20N4O2/c1-4-7-16-10(13)9(11(17)15-12(16)18)14-6-5-8(2)3/h5,14H,4,6-7,13H2,1-3H3,(H,15,17,18). The molecule has 100 valence electrons. The minimum atomic E-state index is -0.480. The molecular formula is C12H20N4O2. The van der Waals surface area contributed by atoms with Gasteiger partial charge < -0.3 is 11.1 Å². The van der Waals surface area contributed by atoms with Crippen LogP contribution in [0.15, 0.2) is 21.2 Å². The Morgan fingerprint density at radius 3 is 2.67 bits per heavy atom.